The van der Waals surface area contributed by atoms with Crippen molar-refractivity contribution in [3.63, 3.8) is 0 Å². The van der Waals surface area contributed by atoms with Gasteiger partial charge in [0.15, 0.2) is 0 Å². The molecule has 0 amide bonds. The molecule has 1 fully saturated rings. The Hall–Kier alpha value is -4.24. The Bertz CT molecular complexity index is 1780. The largest absolute Gasteiger partial charge is 0.496 e. The lowest BCUT2D eigenvalue weighted by Crippen LogP contribution is -2.27. The van der Waals surface area contributed by atoms with Gasteiger partial charge in [-0.25, -0.2) is 9.48 Å². The minimum absolute atomic E-state index is 0.0941. The summed E-state index contributed by atoms with van der Waals surface area (Å²) in [6.07, 6.45) is 3.33. The molecule has 2 aromatic carbocycles. The molecule has 9 nitrogen and oxygen atoms in total. The van der Waals surface area contributed by atoms with Gasteiger partial charge in [-0.15, -0.1) is 5.10 Å². The van der Waals surface area contributed by atoms with Crippen LogP contribution in [0.2, 0.25) is 0 Å². The number of carbonyl (C=O) groups excluding carboxylic acids is 1. The lowest BCUT2D eigenvalue weighted by atomic mass is 9.86. The summed E-state index contributed by atoms with van der Waals surface area (Å²) in [5.74, 6) is 0.222. The highest BCUT2D eigenvalue weighted by molar-refractivity contribution is 6.12. The first kappa shape index (κ1) is 21.7. The SMILES string of the molecule is [2H]C([2H])([2H])c1nnn(C)c1-c1cnc2c3c(OC)cc(C(=O)OC)cc3n(C(c3ccccc3)C3CCOCC3)c2c1. The molecule has 200 valence electrons. The smallest absolute Gasteiger partial charge is 0.338 e. The van der Waals surface area contributed by atoms with Crippen LogP contribution in [0.25, 0.3) is 33.2 Å². The first-order chi connectivity index (χ1) is 20.2. The van der Waals surface area contributed by atoms with Crippen molar-refractivity contribution in [2.75, 3.05) is 27.4 Å². The molecule has 0 radical (unpaired) electrons. The van der Waals surface area contributed by atoms with Crippen molar-refractivity contribution in [1.82, 2.24) is 24.5 Å². The molecule has 39 heavy (non-hydrogen) atoms. The van der Waals surface area contributed by atoms with Crippen LogP contribution in [0.4, 0.5) is 0 Å². The van der Waals surface area contributed by atoms with E-state index in [1.54, 1.807) is 26.4 Å². The third-order valence-corrected chi connectivity index (χ3v) is 7.58. The number of hydrogen-bond acceptors (Lipinski definition) is 7. The molecule has 1 aliphatic heterocycles. The molecule has 1 aliphatic rings. The topological polar surface area (TPSA) is 93.3 Å². The Morgan fingerprint density at radius 1 is 1.13 bits per heavy atom. The van der Waals surface area contributed by atoms with Crippen molar-refractivity contribution in [3.8, 4) is 17.0 Å². The maximum atomic E-state index is 12.8. The van der Waals surface area contributed by atoms with Crippen LogP contribution in [0.3, 0.4) is 0 Å². The number of methoxy groups -OCH3 is 2. The van der Waals surface area contributed by atoms with Gasteiger partial charge in [0, 0.05) is 36.1 Å². The van der Waals surface area contributed by atoms with Crippen molar-refractivity contribution in [2.24, 2.45) is 13.0 Å². The summed E-state index contributed by atoms with van der Waals surface area (Å²) in [6, 6.07) is 15.5. The number of aromatic nitrogens is 5. The van der Waals surface area contributed by atoms with Crippen LogP contribution in [0.1, 0.15) is 44.6 Å². The van der Waals surface area contributed by atoms with E-state index >= 15 is 0 Å². The number of carbonyl (C=O) groups is 1. The van der Waals surface area contributed by atoms with Crippen LogP contribution < -0.4 is 4.74 Å². The van der Waals surface area contributed by atoms with E-state index in [4.69, 9.17) is 23.3 Å². The molecule has 1 atom stereocenters. The Morgan fingerprint density at radius 2 is 1.92 bits per heavy atom. The number of hydrogen-bond donors (Lipinski definition) is 0. The van der Waals surface area contributed by atoms with Gasteiger partial charge in [0.05, 0.1) is 59.1 Å². The molecule has 3 aromatic heterocycles. The van der Waals surface area contributed by atoms with E-state index < -0.39 is 12.8 Å². The summed E-state index contributed by atoms with van der Waals surface area (Å²) >= 11 is 0. The lowest BCUT2D eigenvalue weighted by Gasteiger charge is -2.33. The fourth-order valence-electron chi connectivity index (χ4n) is 5.81. The number of aryl methyl sites for hydroxylation is 2. The summed E-state index contributed by atoms with van der Waals surface area (Å²) in [6.45, 7) is -1.17. The Kier molecular flexibility index (Phi) is 5.64. The molecule has 0 spiro atoms. The van der Waals surface area contributed by atoms with Crippen molar-refractivity contribution in [1.29, 1.82) is 0 Å². The van der Waals surface area contributed by atoms with Gasteiger partial charge in [0.2, 0.25) is 0 Å². The van der Waals surface area contributed by atoms with Gasteiger partial charge >= 0.3 is 5.97 Å². The van der Waals surface area contributed by atoms with Gasteiger partial charge in [0.1, 0.15) is 5.75 Å². The Balaban J connectivity index is 1.73. The predicted molar refractivity (Wildman–Crippen MR) is 148 cm³/mol. The summed E-state index contributed by atoms with van der Waals surface area (Å²) in [7, 11) is 4.57. The van der Waals surface area contributed by atoms with Gasteiger partial charge < -0.3 is 18.8 Å². The first-order valence-electron chi connectivity index (χ1n) is 14.4. The zero-order valence-electron chi connectivity index (χ0n) is 25.0. The lowest BCUT2D eigenvalue weighted by molar-refractivity contribution is 0.0553. The molecule has 0 N–H and O–H groups in total. The van der Waals surface area contributed by atoms with Crippen molar-refractivity contribution in [2.45, 2.75) is 25.7 Å². The molecule has 0 saturated carbocycles. The molecular weight excluding hydrogens is 494 g/mol. The maximum Gasteiger partial charge on any atom is 0.338 e. The van der Waals surface area contributed by atoms with Crippen LogP contribution in [0.5, 0.6) is 5.75 Å². The highest BCUT2D eigenvalue weighted by Gasteiger charge is 2.31. The molecule has 0 bridgehead atoms. The van der Waals surface area contributed by atoms with Gasteiger partial charge in [-0.1, -0.05) is 35.5 Å². The number of nitrogens with zero attached hydrogens (tertiary/aromatic N) is 5. The molecular formula is C30H31N5O4. The molecule has 1 unspecified atom stereocenters. The van der Waals surface area contributed by atoms with Crippen molar-refractivity contribution in [3.05, 3.63) is 71.5 Å². The number of esters is 1. The number of fused-ring (bicyclic) bond motifs is 3. The number of ether oxygens (including phenoxy) is 3. The zero-order chi connectivity index (χ0) is 29.6. The number of pyridine rings is 1. The second-order valence-corrected chi connectivity index (χ2v) is 9.74. The standard InChI is InChI=1S/C30H31N5O4/c1-18-28(34(2)33-32-18)22-15-24-27(31-17-22)26-23(14-21(30(36)38-4)16-25(26)37-3)35(24)29(19-8-6-5-7-9-19)20-10-12-39-13-11-20/h5-9,14-17,20,29H,10-13H2,1-4H3/i1D3. The minimum atomic E-state index is -2.46. The summed E-state index contributed by atoms with van der Waals surface area (Å²) < 4.78 is 44.4. The van der Waals surface area contributed by atoms with E-state index in [1.807, 2.05) is 30.3 Å². The highest BCUT2D eigenvalue weighted by Crippen LogP contribution is 2.44. The van der Waals surface area contributed by atoms with E-state index in [0.717, 1.165) is 34.8 Å². The third kappa shape index (κ3) is 4.23. The molecule has 4 heterocycles. The van der Waals surface area contributed by atoms with Crippen LogP contribution >= 0.6 is 0 Å². The molecule has 5 aromatic rings. The predicted octanol–water partition coefficient (Wildman–Crippen LogP) is 5.10. The van der Waals surface area contributed by atoms with E-state index in [2.05, 4.69) is 27.0 Å². The highest BCUT2D eigenvalue weighted by atomic mass is 16.5. The van der Waals surface area contributed by atoms with Gasteiger partial charge in [-0.2, -0.15) is 0 Å². The zero-order valence-corrected chi connectivity index (χ0v) is 22.0. The molecule has 0 aliphatic carbocycles. The fourth-order valence-corrected chi connectivity index (χ4v) is 5.81. The molecule has 1 saturated heterocycles. The van der Waals surface area contributed by atoms with Crippen molar-refractivity contribution >= 4 is 27.9 Å². The summed E-state index contributed by atoms with van der Waals surface area (Å²) in [4.78, 5) is 17.7. The number of benzene rings is 2. The average Bonchev–Trinajstić information content (AvgIpc) is 3.55. The van der Waals surface area contributed by atoms with Gasteiger partial charge in [-0.3, -0.25) is 4.98 Å². The molecule has 9 heteroatoms. The Labute approximate surface area is 230 Å². The first-order valence-corrected chi connectivity index (χ1v) is 12.9. The van der Waals surface area contributed by atoms with E-state index in [1.165, 1.54) is 11.8 Å². The monoisotopic (exact) mass is 528 g/mol. The second kappa shape index (κ2) is 10.1. The van der Waals surface area contributed by atoms with E-state index in [-0.39, 0.29) is 17.7 Å². The van der Waals surface area contributed by atoms with Gasteiger partial charge in [-0.05, 0) is 49.4 Å². The quantitative estimate of drug-likeness (QED) is 0.283. The average molecular weight is 529 g/mol. The number of rotatable bonds is 6. The third-order valence-electron chi connectivity index (χ3n) is 7.58. The summed E-state index contributed by atoms with van der Waals surface area (Å²) in [5, 5.41) is 8.73. The normalized spacial score (nSPS) is 16.5. The second-order valence-electron chi connectivity index (χ2n) is 9.74. The fraction of sp³-hybridized carbons (Fsp3) is 0.333. The van der Waals surface area contributed by atoms with Crippen LogP contribution in [0, 0.1) is 12.8 Å². The summed E-state index contributed by atoms with van der Waals surface area (Å²) in [5.41, 5.74) is 4.48. The van der Waals surface area contributed by atoms with Crippen molar-refractivity contribution < 1.29 is 23.1 Å². The maximum absolute atomic E-state index is 12.8. The van der Waals surface area contributed by atoms with Crippen LogP contribution in [0.15, 0.2) is 54.7 Å². The molecule has 6 rings (SSSR count). The van der Waals surface area contributed by atoms with E-state index in [0.29, 0.717) is 41.3 Å². The van der Waals surface area contributed by atoms with E-state index in [9.17, 15) is 4.79 Å². The van der Waals surface area contributed by atoms with Crippen LogP contribution in [-0.2, 0) is 16.5 Å². The minimum Gasteiger partial charge on any atom is -0.496 e. The van der Waals surface area contributed by atoms with Gasteiger partial charge in [0.25, 0.3) is 0 Å². The Morgan fingerprint density at radius 3 is 2.64 bits per heavy atom. The van der Waals surface area contributed by atoms with Crippen LogP contribution in [-0.4, -0.2) is 57.9 Å².